The highest BCUT2D eigenvalue weighted by atomic mass is 19.1. The van der Waals surface area contributed by atoms with Gasteiger partial charge in [-0.2, -0.15) is 0 Å². The molecule has 7 heteroatoms. The Morgan fingerprint density at radius 2 is 1.73 bits per heavy atom. The third kappa shape index (κ3) is 8.54. The van der Waals surface area contributed by atoms with Crippen molar-refractivity contribution >= 4 is 6.03 Å². The van der Waals surface area contributed by atoms with E-state index < -0.39 is 0 Å². The number of hydrogen-bond acceptors (Lipinski definition) is 4. The van der Waals surface area contributed by atoms with E-state index in [2.05, 4.69) is 49.7 Å². The Kier molecular flexibility index (Phi) is 12.9. The summed E-state index contributed by atoms with van der Waals surface area (Å²) in [5.41, 5.74) is 1.42. The lowest BCUT2D eigenvalue weighted by molar-refractivity contribution is -0.214. The van der Waals surface area contributed by atoms with Crippen LogP contribution in [0.2, 0.25) is 0 Å². The van der Waals surface area contributed by atoms with Crippen molar-refractivity contribution in [2.24, 2.45) is 11.3 Å². The third-order valence-corrected chi connectivity index (χ3v) is 6.28. The van der Waals surface area contributed by atoms with Crippen LogP contribution in [0.25, 0.3) is 0 Å². The molecule has 2 atom stereocenters. The van der Waals surface area contributed by atoms with Crippen LogP contribution < -0.4 is 5.32 Å². The number of halogens is 1. The molecule has 1 aromatic rings. The summed E-state index contributed by atoms with van der Waals surface area (Å²) in [5.74, 6) is 0.422. The second-order valence-electron chi connectivity index (χ2n) is 9.78. The highest BCUT2D eigenvalue weighted by molar-refractivity contribution is 5.74. The van der Waals surface area contributed by atoms with Crippen molar-refractivity contribution in [1.82, 2.24) is 15.1 Å². The molecule has 0 saturated carbocycles. The minimum atomic E-state index is -0.181. The zero-order valence-electron chi connectivity index (χ0n) is 21.7. The summed E-state index contributed by atoms with van der Waals surface area (Å²) in [6.45, 7) is 16.6. The second-order valence-corrected chi connectivity index (χ2v) is 9.78. The Labute approximate surface area is 201 Å². The number of nitrogens with zero attached hydrogens (tertiary/aromatic N) is 2. The van der Waals surface area contributed by atoms with E-state index in [-0.39, 0.29) is 24.7 Å². The van der Waals surface area contributed by atoms with Gasteiger partial charge in [0.15, 0.2) is 0 Å². The Morgan fingerprint density at radius 1 is 1.21 bits per heavy atom. The average molecular weight is 470 g/mol. The van der Waals surface area contributed by atoms with E-state index in [1.165, 1.54) is 19.1 Å². The molecule has 2 fully saturated rings. The van der Waals surface area contributed by atoms with E-state index >= 15 is 0 Å². The van der Waals surface area contributed by atoms with Crippen molar-refractivity contribution in [2.75, 3.05) is 33.3 Å². The zero-order valence-corrected chi connectivity index (χ0v) is 21.7. The van der Waals surface area contributed by atoms with E-state index in [4.69, 9.17) is 5.26 Å². The van der Waals surface area contributed by atoms with Crippen LogP contribution in [0.4, 0.5) is 9.18 Å². The van der Waals surface area contributed by atoms with Crippen molar-refractivity contribution in [3.05, 3.63) is 35.6 Å². The van der Waals surface area contributed by atoms with Gasteiger partial charge in [0.05, 0.1) is 7.11 Å². The van der Waals surface area contributed by atoms with Gasteiger partial charge in [-0.3, -0.25) is 10.2 Å². The average Bonchev–Trinajstić information content (AvgIpc) is 2.76. The highest BCUT2D eigenvalue weighted by Crippen LogP contribution is 2.55. The molecule has 0 bridgehead atoms. The largest absolute Gasteiger partial charge is 0.336 e. The molecule has 6 nitrogen and oxygen atoms in total. The van der Waals surface area contributed by atoms with Gasteiger partial charge >= 0.3 is 6.03 Å². The lowest BCUT2D eigenvalue weighted by Crippen LogP contribution is -2.63. The Balaban J connectivity index is 0.00000141. The van der Waals surface area contributed by atoms with Crippen LogP contribution in [0, 0.1) is 17.2 Å². The Morgan fingerprint density at radius 3 is 2.18 bits per heavy atom. The van der Waals surface area contributed by atoms with Crippen molar-refractivity contribution < 1.29 is 20.8 Å². The first-order valence-corrected chi connectivity index (χ1v) is 12.4. The number of benzene rings is 1. The maximum Gasteiger partial charge on any atom is 0.317 e. The van der Waals surface area contributed by atoms with Gasteiger partial charge in [-0.15, -0.1) is 0 Å². The molecule has 192 valence electrons. The van der Waals surface area contributed by atoms with Crippen molar-refractivity contribution in [1.29, 1.82) is 0 Å². The highest BCUT2D eigenvalue weighted by Gasteiger charge is 2.54. The summed E-state index contributed by atoms with van der Waals surface area (Å²) < 4.78 is 13.4. The first-order chi connectivity index (χ1) is 15.7. The fourth-order valence-electron chi connectivity index (χ4n) is 4.70. The van der Waals surface area contributed by atoms with Crippen molar-refractivity contribution in [3.8, 4) is 0 Å². The predicted octanol–water partition coefficient (Wildman–Crippen LogP) is 6.20. The monoisotopic (exact) mass is 469 g/mol. The quantitative estimate of drug-likeness (QED) is 0.398. The molecule has 2 heterocycles. The van der Waals surface area contributed by atoms with E-state index in [9.17, 15) is 9.18 Å². The van der Waals surface area contributed by atoms with Gasteiger partial charge in [0, 0.05) is 45.1 Å². The van der Waals surface area contributed by atoms with Crippen LogP contribution in [0.15, 0.2) is 24.3 Å². The number of likely N-dealkylation sites (tertiary alicyclic amines) is 2. The van der Waals surface area contributed by atoms with Crippen LogP contribution >= 0.6 is 0 Å². The summed E-state index contributed by atoms with van der Waals surface area (Å²) in [7, 11) is 1.18. The van der Waals surface area contributed by atoms with Gasteiger partial charge in [0.25, 0.3) is 0 Å². The first kappa shape index (κ1) is 29.3. The number of rotatable bonds is 5. The van der Waals surface area contributed by atoms with Crippen LogP contribution in [-0.2, 0) is 4.89 Å². The summed E-state index contributed by atoms with van der Waals surface area (Å²) in [6, 6.07) is 7.64. The molecule has 2 saturated heterocycles. The number of carbonyl (C=O) groups is 1. The minimum absolute atomic E-state index is 0. The molecule has 1 aromatic carbocycles. The molecular formula is C26H48FN3O3. The first-order valence-electron chi connectivity index (χ1n) is 12.4. The lowest BCUT2D eigenvalue weighted by Gasteiger charge is -2.61. The summed E-state index contributed by atoms with van der Waals surface area (Å²) in [4.78, 5) is 20.2. The molecule has 3 rings (SSSR count). The molecule has 2 aliphatic heterocycles. The van der Waals surface area contributed by atoms with Crippen LogP contribution in [0.5, 0.6) is 0 Å². The minimum Gasteiger partial charge on any atom is -0.336 e. The van der Waals surface area contributed by atoms with Crippen molar-refractivity contribution in [2.45, 2.75) is 79.3 Å². The van der Waals surface area contributed by atoms with Crippen LogP contribution in [0.1, 0.15) is 80.3 Å². The number of amides is 2. The Bertz CT molecular complexity index is 680. The van der Waals surface area contributed by atoms with Gasteiger partial charge in [-0.05, 0) is 49.8 Å². The summed E-state index contributed by atoms with van der Waals surface area (Å²) >= 11 is 0. The van der Waals surface area contributed by atoms with E-state index in [0.717, 1.165) is 45.4 Å². The molecule has 33 heavy (non-hydrogen) atoms. The van der Waals surface area contributed by atoms with E-state index in [1.54, 1.807) is 12.1 Å². The van der Waals surface area contributed by atoms with Gasteiger partial charge in [-0.1, -0.05) is 53.2 Å². The van der Waals surface area contributed by atoms with Gasteiger partial charge < -0.3 is 10.2 Å². The maximum atomic E-state index is 13.4. The Hall–Kier alpha value is -1.70. The molecule has 2 N–H and O–H groups in total. The van der Waals surface area contributed by atoms with Crippen molar-refractivity contribution in [3.63, 3.8) is 0 Å². The number of hydrogen-bond donors (Lipinski definition) is 2. The number of piperidine rings is 1. The maximum absolute atomic E-state index is 13.4. The normalized spacial score (nSPS) is 20.2. The van der Waals surface area contributed by atoms with Crippen LogP contribution in [0.3, 0.4) is 0 Å². The van der Waals surface area contributed by atoms with Gasteiger partial charge in [0.1, 0.15) is 5.82 Å². The molecule has 1 unspecified atom stereocenters. The third-order valence-electron chi connectivity index (χ3n) is 6.28. The molecule has 2 amide bonds. The molecule has 0 radical (unpaired) electrons. The smallest absolute Gasteiger partial charge is 0.317 e. The second kappa shape index (κ2) is 14.5. The molecule has 0 aliphatic carbocycles. The summed E-state index contributed by atoms with van der Waals surface area (Å²) in [5, 5.41) is 10.2. The standard InChI is InChI=1S/C22H34FN3O.C3H8.CH4O2.H2/c1-5-17(4)24-21(27)25-12-10-22(11-13-25)15-26(14-16(2)3)20(22)18-6-8-19(23)9-7-18;2*1-3-2;/h6-9,16-17,20H,5,10-15H2,1-4H3,(H,24,27);3H2,1-2H3;2H,1H3;1H/t17-,20?;;;/m1.../s1. The fourth-order valence-corrected chi connectivity index (χ4v) is 4.70. The number of carbonyl (C=O) groups excluding carboxylic acids is 1. The lowest BCUT2D eigenvalue weighted by atomic mass is 9.63. The van der Waals surface area contributed by atoms with E-state index in [0.29, 0.717) is 12.0 Å². The number of urea groups is 1. The van der Waals surface area contributed by atoms with E-state index in [1.807, 2.05) is 24.0 Å². The van der Waals surface area contributed by atoms with Gasteiger partial charge in [0.2, 0.25) is 0 Å². The molecule has 1 spiro atoms. The molecule has 0 aromatic heterocycles. The van der Waals surface area contributed by atoms with Crippen LogP contribution in [-0.4, -0.2) is 60.4 Å². The molecule has 2 aliphatic rings. The predicted molar refractivity (Wildman–Crippen MR) is 135 cm³/mol. The molecular weight excluding hydrogens is 421 g/mol. The topological polar surface area (TPSA) is 65.0 Å². The zero-order chi connectivity index (χ0) is 25.0. The van der Waals surface area contributed by atoms with Gasteiger partial charge in [-0.25, -0.2) is 14.1 Å². The summed E-state index contributed by atoms with van der Waals surface area (Å²) in [6.07, 6.45) is 4.22. The number of nitrogens with one attached hydrogen (secondary N) is 1. The SMILES string of the molecule is CCC.CC[C@@H](C)NC(=O)N1CCC2(CC1)CN(CC(C)C)C2c1ccc(F)cc1.COO.[HH]. The fraction of sp³-hybridized carbons (Fsp3) is 0.731.